The van der Waals surface area contributed by atoms with Crippen molar-refractivity contribution in [3.05, 3.63) is 21.9 Å². The fraction of sp³-hybridized carbons (Fsp3) is 0.688. The maximum Gasteiger partial charge on any atom is 0.166 e. The Morgan fingerprint density at radius 1 is 1.29 bits per heavy atom. The van der Waals surface area contributed by atoms with E-state index in [1.807, 2.05) is 11.3 Å². The van der Waals surface area contributed by atoms with Crippen molar-refractivity contribution >= 4 is 29.1 Å². The highest BCUT2D eigenvalue weighted by molar-refractivity contribution is 7.96. The molecule has 0 aromatic carbocycles. The summed E-state index contributed by atoms with van der Waals surface area (Å²) in [6.45, 7) is 5.48. The molecule has 116 valence electrons. The van der Waals surface area contributed by atoms with Crippen LogP contribution in [0.4, 0.5) is 0 Å². The summed E-state index contributed by atoms with van der Waals surface area (Å²) in [7, 11) is 0. The van der Waals surface area contributed by atoms with Crippen LogP contribution in [0.25, 0.3) is 0 Å². The second kappa shape index (κ2) is 6.61. The quantitative estimate of drug-likeness (QED) is 0.737. The Kier molecular flexibility index (Phi) is 4.79. The lowest BCUT2D eigenvalue weighted by atomic mass is 9.88. The molecule has 21 heavy (non-hydrogen) atoms. The molecule has 0 amide bonds. The van der Waals surface area contributed by atoms with E-state index in [2.05, 4.69) is 41.6 Å². The molecule has 1 fully saturated rings. The van der Waals surface area contributed by atoms with Crippen LogP contribution in [0.5, 0.6) is 0 Å². The summed E-state index contributed by atoms with van der Waals surface area (Å²) < 4.78 is 2.21. The second-order valence-electron chi connectivity index (χ2n) is 5.89. The van der Waals surface area contributed by atoms with Gasteiger partial charge >= 0.3 is 0 Å². The average Bonchev–Trinajstić information content (AvgIpc) is 3.10. The molecular formula is C16H25N3S2. The molecule has 3 rings (SSSR count). The Hall–Kier alpha value is -0.680. The van der Waals surface area contributed by atoms with Crippen molar-refractivity contribution in [2.75, 3.05) is 12.8 Å². The SMILES string of the molecule is CCN1C(C2CCCCC2)=NN(SC)C1c1ccc(C)s1. The third-order valence-electron chi connectivity index (χ3n) is 4.51. The standard InChI is InChI=1S/C16H25N3S2/c1-4-18-15(13-8-6-5-7-9-13)17-19(20-3)16(18)14-11-10-12(2)21-14/h10-11,13,16H,4-9H2,1-3H3. The molecule has 0 radical (unpaired) electrons. The van der Waals surface area contributed by atoms with Crippen molar-refractivity contribution in [2.24, 2.45) is 11.0 Å². The predicted molar refractivity (Wildman–Crippen MR) is 93.5 cm³/mol. The van der Waals surface area contributed by atoms with Crippen LogP contribution in [0.1, 0.15) is 54.9 Å². The topological polar surface area (TPSA) is 18.8 Å². The monoisotopic (exact) mass is 323 g/mol. The third kappa shape index (κ3) is 2.95. The third-order valence-corrected chi connectivity index (χ3v) is 6.21. The largest absolute Gasteiger partial charge is 0.332 e. The molecule has 1 aromatic rings. The highest BCUT2D eigenvalue weighted by atomic mass is 32.2. The van der Waals surface area contributed by atoms with Crippen molar-refractivity contribution in [1.82, 2.24) is 9.31 Å². The minimum Gasteiger partial charge on any atom is -0.332 e. The molecule has 0 spiro atoms. The molecule has 1 unspecified atom stereocenters. The van der Waals surface area contributed by atoms with E-state index in [1.165, 1.54) is 47.7 Å². The Bertz CT molecular complexity index is 505. The smallest absolute Gasteiger partial charge is 0.166 e. The van der Waals surface area contributed by atoms with Crippen LogP contribution in [0.3, 0.4) is 0 Å². The van der Waals surface area contributed by atoms with Gasteiger partial charge in [0.2, 0.25) is 0 Å². The van der Waals surface area contributed by atoms with Gasteiger partial charge in [-0.15, -0.1) is 11.3 Å². The number of hydrogen-bond donors (Lipinski definition) is 0. The summed E-state index contributed by atoms with van der Waals surface area (Å²) in [5.41, 5.74) is 0. The number of hydrogen-bond acceptors (Lipinski definition) is 5. The fourth-order valence-corrected chi connectivity index (χ4v) is 5.10. The molecule has 0 bridgehead atoms. The first-order valence-corrected chi connectivity index (χ1v) is 9.99. The van der Waals surface area contributed by atoms with Crippen LogP contribution in [-0.4, -0.2) is 28.0 Å². The Morgan fingerprint density at radius 3 is 2.62 bits per heavy atom. The summed E-state index contributed by atoms with van der Waals surface area (Å²) in [4.78, 5) is 5.32. The van der Waals surface area contributed by atoms with Gasteiger partial charge in [0.1, 0.15) is 5.84 Å². The van der Waals surface area contributed by atoms with E-state index in [-0.39, 0.29) is 0 Å². The van der Waals surface area contributed by atoms with Gasteiger partial charge in [-0.25, -0.2) is 4.41 Å². The number of thiophene rings is 1. The van der Waals surface area contributed by atoms with E-state index < -0.39 is 0 Å². The molecule has 3 nitrogen and oxygen atoms in total. The highest BCUT2D eigenvalue weighted by Crippen LogP contribution is 2.41. The molecule has 1 saturated carbocycles. The van der Waals surface area contributed by atoms with Crippen LogP contribution in [0, 0.1) is 12.8 Å². The van der Waals surface area contributed by atoms with Crippen molar-refractivity contribution in [3.8, 4) is 0 Å². The number of aryl methyl sites for hydroxylation is 1. The molecule has 0 saturated heterocycles. The van der Waals surface area contributed by atoms with Crippen LogP contribution in [0.2, 0.25) is 0 Å². The normalized spacial score (nSPS) is 23.8. The van der Waals surface area contributed by atoms with Crippen LogP contribution >= 0.6 is 23.3 Å². The number of amidine groups is 1. The van der Waals surface area contributed by atoms with Gasteiger partial charge < -0.3 is 4.90 Å². The number of hydrazone groups is 1. The summed E-state index contributed by atoms with van der Waals surface area (Å²) in [5, 5.41) is 5.00. The van der Waals surface area contributed by atoms with Crippen LogP contribution in [-0.2, 0) is 0 Å². The number of nitrogens with zero attached hydrogens (tertiary/aromatic N) is 3. The minimum atomic E-state index is 0.292. The van der Waals surface area contributed by atoms with Crippen molar-refractivity contribution in [3.63, 3.8) is 0 Å². The van der Waals surface area contributed by atoms with E-state index in [0.717, 1.165) is 6.54 Å². The van der Waals surface area contributed by atoms with E-state index in [0.29, 0.717) is 12.1 Å². The van der Waals surface area contributed by atoms with E-state index in [9.17, 15) is 0 Å². The average molecular weight is 324 g/mol. The van der Waals surface area contributed by atoms with Gasteiger partial charge in [-0.3, -0.25) is 0 Å². The Balaban J connectivity index is 1.87. The first-order chi connectivity index (χ1) is 10.2. The van der Waals surface area contributed by atoms with Crippen molar-refractivity contribution in [2.45, 2.75) is 52.1 Å². The lowest BCUT2D eigenvalue weighted by Crippen LogP contribution is -2.37. The van der Waals surface area contributed by atoms with Gasteiger partial charge in [0.15, 0.2) is 6.17 Å². The van der Waals surface area contributed by atoms with Gasteiger partial charge in [0.25, 0.3) is 0 Å². The van der Waals surface area contributed by atoms with Gasteiger partial charge in [0, 0.05) is 23.6 Å². The van der Waals surface area contributed by atoms with Crippen LogP contribution < -0.4 is 0 Å². The minimum absolute atomic E-state index is 0.292. The molecule has 2 aliphatic rings. The lowest BCUT2D eigenvalue weighted by molar-refractivity contribution is 0.233. The van der Waals surface area contributed by atoms with Gasteiger partial charge in [-0.2, -0.15) is 5.10 Å². The molecule has 0 N–H and O–H groups in total. The zero-order valence-electron chi connectivity index (χ0n) is 13.2. The molecule has 1 aliphatic carbocycles. The maximum atomic E-state index is 5.00. The Morgan fingerprint density at radius 2 is 2.05 bits per heavy atom. The zero-order valence-corrected chi connectivity index (χ0v) is 14.8. The van der Waals surface area contributed by atoms with E-state index >= 15 is 0 Å². The maximum absolute atomic E-state index is 5.00. The first-order valence-electron chi connectivity index (χ1n) is 7.99. The lowest BCUT2D eigenvalue weighted by Gasteiger charge is -2.32. The molecule has 1 atom stereocenters. The predicted octanol–water partition coefficient (Wildman–Crippen LogP) is 4.86. The summed E-state index contributed by atoms with van der Waals surface area (Å²) in [6.07, 6.45) is 9.18. The van der Waals surface area contributed by atoms with Gasteiger partial charge in [0.05, 0.1) is 4.88 Å². The molecule has 5 heteroatoms. The number of rotatable bonds is 4. The van der Waals surface area contributed by atoms with Crippen molar-refractivity contribution < 1.29 is 0 Å². The second-order valence-corrected chi connectivity index (χ2v) is 7.95. The van der Waals surface area contributed by atoms with E-state index in [1.54, 1.807) is 11.9 Å². The van der Waals surface area contributed by atoms with Crippen molar-refractivity contribution in [1.29, 1.82) is 0 Å². The zero-order chi connectivity index (χ0) is 14.8. The molecular weight excluding hydrogens is 298 g/mol. The van der Waals surface area contributed by atoms with Gasteiger partial charge in [-0.05, 0) is 50.8 Å². The summed E-state index contributed by atoms with van der Waals surface area (Å²) >= 11 is 3.64. The fourth-order valence-electron chi connectivity index (χ4n) is 3.46. The Labute approximate surface area is 136 Å². The first kappa shape index (κ1) is 15.2. The van der Waals surface area contributed by atoms with Gasteiger partial charge in [-0.1, -0.05) is 19.3 Å². The van der Waals surface area contributed by atoms with E-state index in [4.69, 9.17) is 5.10 Å². The highest BCUT2D eigenvalue weighted by Gasteiger charge is 2.38. The summed E-state index contributed by atoms with van der Waals surface area (Å²) in [5.74, 6) is 2.00. The summed E-state index contributed by atoms with van der Waals surface area (Å²) in [6, 6.07) is 4.50. The van der Waals surface area contributed by atoms with Crippen LogP contribution in [0.15, 0.2) is 17.2 Å². The molecule has 2 heterocycles. The molecule has 1 aromatic heterocycles. The molecule has 1 aliphatic heterocycles.